The van der Waals surface area contributed by atoms with Crippen molar-refractivity contribution in [3.63, 3.8) is 0 Å². The minimum absolute atomic E-state index is 0.00761. The molecule has 2 aliphatic heterocycles. The van der Waals surface area contributed by atoms with E-state index < -0.39 is 18.0 Å². The van der Waals surface area contributed by atoms with E-state index in [1.54, 1.807) is 38.5 Å². The summed E-state index contributed by atoms with van der Waals surface area (Å²) in [6.07, 6.45) is 4.20. The van der Waals surface area contributed by atoms with E-state index in [9.17, 15) is 19.2 Å². The van der Waals surface area contributed by atoms with Crippen LogP contribution in [0.5, 0.6) is 0 Å². The zero-order valence-electron chi connectivity index (χ0n) is 23.6. The molecule has 1 saturated carbocycles. The van der Waals surface area contributed by atoms with Crippen molar-refractivity contribution in [2.75, 3.05) is 33.9 Å². The van der Waals surface area contributed by atoms with Gasteiger partial charge in [-0.15, -0.1) is 0 Å². The summed E-state index contributed by atoms with van der Waals surface area (Å²) in [5, 5.41) is 2.93. The number of imide groups is 1. The standard InChI is InChI=1S/C29H42N4O6/c1-5-19(2)30-26(34)18-32-23-16-25(39-4)24(38-3)15-22(23)28(36)33(29(32)37)17-20-9-11-21(12-10-20)27(35)31-13-7-6-8-14-31/h9-12,19,22-25H,5-8,13-18H2,1-4H3,(H,30,34). The van der Waals surface area contributed by atoms with Crippen molar-refractivity contribution >= 4 is 23.8 Å². The third-order valence-corrected chi connectivity index (χ3v) is 8.42. The number of hydrogen-bond acceptors (Lipinski definition) is 6. The molecule has 10 nitrogen and oxygen atoms in total. The van der Waals surface area contributed by atoms with E-state index in [0.29, 0.717) is 18.4 Å². The molecule has 0 radical (unpaired) electrons. The number of methoxy groups -OCH3 is 2. The van der Waals surface area contributed by atoms with Gasteiger partial charge in [-0.05, 0) is 63.1 Å². The van der Waals surface area contributed by atoms with E-state index in [-0.39, 0.29) is 49.1 Å². The highest BCUT2D eigenvalue weighted by atomic mass is 16.5. The van der Waals surface area contributed by atoms with Crippen molar-refractivity contribution < 1.29 is 28.7 Å². The SMILES string of the molecule is CCC(C)NC(=O)CN1C(=O)N(Cc2ccc(C(=O)N3CCCCC3)cc2)C(=O)C2CC(OC)C(OC)CC21. The van der Waals surface area contributed by atoms with Gasteiger partial charge >= 0.3 is 6.03 Å². The van der Waals surface area contributed by atoms with E-state index in [0.717, 1.165) is 44.3 Å². The predicted molar refractivity (Wildman–Crippen MR) is 145 cm³/mol. The summed E-state index contributed by atoms with van der Waals surface area (Å²) in [7, 11) is 3.19. The maximum absolute atomic E-state index is 13.7. The summed E-state index contributed by atoms with van der Waals surface area (Å²) >= 11 is 0. The van der Waals surface area contributed by atoms with Crippen molar-refractivity contribution in [3.05, 3.63) is 35.4 Å². The molecule has 1 aromatic carbocycles. The normalized spacial score (nSPS) is 26.3. The molecule has 5 unspecified atom stereocenters. The third kappa shape index (κ3) is 6.44. The molecule has 3 fully saturated rings. The lowest BCUT2D eigenvalue weighted by atomic mass is 9.78. The molecule has 10 heteroatoms. The van der Waals surface area contributed by atoms with Crippen LogP contribution in [0.2, 0.25) is 0 Å². The highest BCUT2D eigenvalue weighted by molar-refractivity contribution is 6.00. The van der Waals surface area contributed by atoms with Crippen LogP contribution in [-0.4, -0.2) is 96.6 Å². The van der Waals surface area contributed by atoms with Gasteiger partial charge in [-0.1, -0.05) is 19.1 Å². The largest absolute Gasteiger partial charge is 0.379 e. The number of carbonyl (C=O) groups excluding carboxylic acids is 4. The molecule has 0 aromatic heterocycles. The number of piperidine rings is 1. The second-order valence-corrected chi connectivity index (χ2v) is 11.0. The van der Waals surface area contributed by atoms with Crippen LogP contribution in [0.4, 0.5) is 4.79 Å². The first-order valence-electron chi connectivity index (χ1n) is 14.1. The zero-order chi connectivity index (χ0) is 28.1. The molecule has 1 aromatic rings. The molecule has 1 aliphatic carbocycles. The van der Waals surface area contributed by atoms with Crippen LogP contribution in [0.3, 0.4) is 0 Å². The molecule has 0 bridgehead atoms. The van der Waals surface area contributed by atoms with Crippen molar-refractivity contribution in [1.82, 2.24) is 20.0 Å². The van der Waals surface area contributed by atoms with E-state index in [1.165, 1.54) is 9.80 Å². The topological polar surface area (TPSA) is 108 Å². The molecular formula is C29H42N4O6. The molecule has 0 spiro atoms. The van der Waals surface area contributed by atoms with Gasteiger partial charge in [0.1, 0.15) is 6.54 Å². The average molecular weight is 543 g/mol. The molecule has 2 saturated heterocycles. The Bertz CT molecular complexity index is 1040. The molecule has 2 heterocycles. The van der Waals surface area contributed by atoms with Crippen LogP contribution in [0.15, 0.2) is 24.3 Å². The Labute approximate surface area is 231 Å². The van der Waals surface area contributed by atoms with Gasteiger partial charge in [-0.3, -0.25) is 19.3 Å². The number of amides is 5. The molecule has 1 N–H and O–H groups in total. The van der Waals surface area contributed by atoms with Gasteiger partial charge in [0.2, 0.25) is 11.8 Å². The van der Waals surface area contributed by atoms with Gasteiger partial charge in [-0.2, -0.15) is 0 Å². The molecule has 5 amide bonds. The summed E-state index contributed by atoms with van der Waals surface area (Å²) in [4.78, 5) is 57.8. The van der Waals surface area contributed by atoms with Gasteiger partial charge in [-0.25, -0.2) is 4.79 Å². The summed E-state index contributed by atoms with van der Waals surface area (Å²) < 4.78 is 11.3. The highest BCUT2D eigenvalue weighted by Crippen LogP contribution is 2.37. The fourth-order valence-corrected chi connectivity index (χ4v) is 5.93. The summed E-state index contributed by atoms with van der Waals surface area (Å²) in [6.45, 7) is 5.37. The minimum atomic E-state index is -0.504. The number of ether oxygens (including phenoxy) is 2. The van der Waals surface area contributed by atoms with E-state index in [1.807, 2.05) is 18.7 Å². The summed E-state index contributed by atoms with van der Waals surface area (Å²) in [5.41, 5.74) is 1.34. The van der Waals surface area contributed by atoms with Gasteiger partial charge in [0, 0.05) is 45.0 Å². The van der Waals surface area contributed by atoms with Crippen molar-refractivity contribution in [2.45, 2.75) is 83.2 Å². The van der Waals surface area contributed by atoms with Crippen LogP contribution in [-0.2, 0) is 25.6 Å². The van der Waals surface area contributed by atoms with E-state index in [2.05, 4.69) is 5.32 Å². The Morgan fingerprint density at radius 2 is 1.64 bits per heavy atom. The molecule has 39 heavy (non-hydrogen) atoms. The number of nitrogens with one attached hydrogen (secondary N) is 1. The molecule has 214 valence electrons. The van der Waals surface area contributed by atoms with Gasteiger partial charge < -0.3 is 24.6 Å². The maximum Gasteiger partial charge on any atom is 0.327 e. The number of rotatable bonds is 9. The number of benzene rings is 1. The Morgan fingerprint density at radius 1 is 1.00 bits per heavy atom. The Hall–Kier alpha value is -2.98. The summed E-state index contributed by atoms with van der Waals surface area (Å²) in [5.74, 6) is -1.02. The van der Waals surface area contributed by atoms with Gasteiger partial charge in [0.05, 0.1) is 24.7 Å². The van der Waals surface area contributed by atoms with E-state index in [4.69, 9.17) is 9.47 Å². The Kier molecular flexibility index (Phi) is 9.61. The number of fused-ring (bicyclic) bond motifs is 1. The second kappa shape index (κ2) is 12.9. The van der Waals surface area contributed by atoms with Crippen LogP contribution >= 0.6 is 0 Å². The molecule has 3 aliphatic rings. The lowest BCUT2D eigenvalue weighted by Gasteiger charge is -2.49. The van der Waals surface area contributed by atoms with Crippen molar-refractivity contribution in [2.24, 2.45) is 5.92 Å². The first-order valence-corrected chi connectivity index (χ1v) is 14.1. The average Bonchev–Trinajstić information content (AvgIpc) is 2.97. The Balaban J connectivity index is 1.54. The fourth-order valence-electron chi connectivity index (χ4n) is 5.93. The van der Waals surface area contributed by atoms with Crippen LogP contribution in [0.25, 0.3) is 0 Å². The third-order valence-electron chi connectivity index (χ3n) is 8.42. The van der Waals surface area contributed by atoms with Crippen molar-refractivity contribution in [1.29, 1.82) is 0 Å². The van der Waals surface area contributed by atoms with Crippen molar-refractivity contribution in [3.8, 4) is 0 Å². The number of urea groups is 1. The maximum atomic E-state index is 13.7. The molecular weight excluding hydrogens is 500 g/mol. The van der Waals surface area contributed by atoms with Crippen LogP contribution in [0.1, 0.15) is 68.3 Å². The number of nitrogens with zero attached hydrogens (tertiary/aromatic N) is 3. The smallest absolute Gasteiger partial charge is 0.327 e. The minimum Gasteiger partial charge on any atom is -0.379 e. The molecule has 4 rings (SSSR count). The number of hydrogen-bond donors (Lipinski definition) is 1. The Morgan fingerprint density at radius 3 is 2.26 bits per heavy atom. The fraction of sp³-hybridized carbons (Fsp3) is 0.655. The monoisotopic (exact) mass is 542 g/mol. The number of carbonyl (C=O) groups is 4. The van der Waals surface area contributed by atoms with E-state index >= 15 is 0 Å². The number of likely N-dealkylation sites (tertiary alicyclic amines) is 1. The van der Waals surface area contributed by atoms with Gasteiger partial charge in [0.25, 0.3) is 5.91 Å². The lowest BCUT2D eigenvalue weighted by molar-refractivity contribution is -0.153. The van der Waals surface area contributed by atoms with Crippen LogP contribution < -0.4 is 5.32 Å². The van der Waals surface area contributed by atoms with Crippen LogP contribution in [0, 0.1) is 5.92 Å². The molecule has 5 atom stereocenters. The van der Waals surface area contributed by atoms with Gasteiger partial charge in [0.15, 0.2) is 0 Å². The predicted octanol–water partition coefficient (Wildman–Crippen LogP) is 2.80. The first-order chi connectivity index (χ1) is 18.8. The summed E-state index contributed by atoms with van der Waals surface area (Å²) in [6, 6.07) is 6.15. The first kappa shape index (κ1) is 29.0. The zero-order valence-corrected chi connectivity index (χ0v) is 23.6. The highest BCUT2D eigenvalue weighted by Gasteiger charge is 2.52. The second-order valence-electron chi connectivity index (χ2n) is 11.0. The lowest BCUT2D eigenvalue weighted by Crippen LogP contribution is -2.66. The quantitative estimate of drug-likeness (QED) is 0.514.